The number of piperazine rings is 1. The van der Waals surface area contributed by atoms with E-state index in [1.807, 2.05) is 61.2 Å². The van der Waals surface area contributed by atoms with E-state index in [1.54, 1.807) is 0 Å². The molecule has 6 heteroatoms. The van der Waals surface area contributed by atoms with Crippen LogP contribution in [0, 0.1) is 0 Å². The lowest BCUT2D eigenvalue weighted by molar-refractivity contribution is 0.201. The van der Waals surface area contributed by atoms with Gasteiger partial charge in [0, 0.05) is 36.2 Å². The Balaban J connectivity index is 1.59. The van der Waals surface area contributed by atoms with Crippen LogP contribution in [0.2, 0.25) is 0 Å². The maximum absolute atomic E-state index is 4.63. The first kappa shape index (κ1) is 16.9. The van der Waals surface area contributed by atoms with Gasteiger partial charge in [0.25, 0.3) is 0 Å². The second-order valence-corrected chi connectivity index (χ2v) is 7.00. The SMILES string of the molecule is c1ccc(C2NC(c3ccc[nH]3)C(c3ccccn3)NC2c2ccc[nH]2)nc1. The van der Waals surface area contributed by atoms with E-state index < -0.39 is 0 Å². The van der Waals surface area contributed by atoms with Crippen LogP contribution in [-0.2, 0) is 0 Å². The summed E-state index contributed by atoms with van der Waals surface area (Å²) in [4.78, 5) is 16.0. The lowest BCUT2D eigenvalue weighted by atomic mass is 9.89. The highest BCUT2D eigenvalue weighted by atomic mass is 15.2. The Kier molecular flexibility index (Phi) is 4.48. The summed E-state index contributed by atoms with van der Waals surface area (Å²) >= 11 is 0. The monoisotopic (exact) mass is 370 g/mol. The second kappa shape index (κ2) is 7.42. The molecule has 0 radical (unpaired) electrons. The smallest absolute Gasteiger partial charge is 0.0713 e. The number of pyridine rings is 2. The Morgan fingerprint density at radius 3 is 1.39 bits per heavy atom. The van der Waals surface area contributed by atoms with Crippen molar-refractivity contribution in [3.05, 3.63) is 108 Å². The quantitative estimate of drug-likeness (QED) is 0.442. The summed E-state index contributed by atoms with van der Waals surface area (Å²) < 4.78 is 0. The molecule has 0 saturated carbocycles. The number of hydrogen-bond acceptors (Lipinski definition) is 4. The van der Waals surface area contributed by atoms with Gasteiger partial charge in [0.2, 0.25) is 0 Å². The molecule has 0 amide bonds. The third-order valence-corrected chi connectivity index (χ3v) is 5.31. The van der Waals surface area contributed by atoms with Gasteiger partial charge in [0.1, 0.15) is 0 Å². The van der Waals surface area contributed by atoms with Crippen LogP contribution in [0.3, 0.4) is 0 Å². The van der Waals surface area contributed by atoms with Crippen LogP contribution in [0.4, 0.5) is 0 Å². The van der Waals surface area contributed by atoms with E-state index in [1.165, 1.54) is 0 Å². The highest BCUT2D eigenvalue weighted by Crippen LogP contribution is 2.41. The van der Waals surface area contributed by atoms with Crippen LogP contribution in [0.25, 0.3) is 0 Å². The molecule has 28 heavy (non-hydrogen) atoms. The largest absolute Gasteiger partial charge is 0.364 e. The van der Waals surface area contributed by atoms with E-state index >= 15 is 0 Å². The summed E-state index contributed by atoms with van der Waals surface area (Å²) in [5.41, 5.74) is 4.25. The molecule has 1 saturated heterocycles. The molecule has 1 aliphatic heterocycles. The van der Waals surface area contributed by atoms with Gasteiger partial charge in [-0.3, -0.25) is 20.6 Å². The maximum atomic E-state index is 4.63. The Morgan fingerprint density at radius 1 is 0.536 bits per heavy atom. The molecule has 0 aromatic carbocycles. The molecule has 4 N–H and O–H groups in total. The number of rotatable bonds is 4. The minimum absolute atomic E-state index is 0.00751. The zero-order valence-corrected chi connectivity index (χ0v) is 15.3. The predicted molar refractivity (Wildman–Crippen MR) is 107 cm³/mol. The van der Waals surface area contributed by atoms with Crippen molar-refractivity contribution in [2.75, 3.05) is 0 Å². The topological polar surface area (TPSA) is 81.4 Å². The molecule has 0 spiro atoms. The molecule has 1 aliphatic rings. The third-order valence-electron chi connectivity index (χ3n) is 5.31. The molecule has 4 atom stereocenters. The third kappa shape index (κ3) is 3.13. The molecule has 4 unspecified atom stereocenters. The zero-order valence-electron chi connectivity index (χ0n) is 15.3. The fourth-order valence-electron chi connectivity index (χ4n) is 4.02. The second-order valence-electron chi connectivity index (χ2n) is 7.00. The Hall–Kier alpha value is -3.22. The summed E-state index contributed by atoms with van der Waals surface area (Å²) in [7, 11) is 0. The summed E-state index contributed by atoms with van der Waals surface area (Å²) in [5, 5.41) is 7.69. The standard InChI is InChI=1S/C22H22N6/c1-3-11-23-15(7-1)19-21(17-9-5-13-25-17)28-20(16-8-2-4-12-24-16)22(27-19)18-10-6-14-26-18/h1-14,19-22,25-28H. The zero-order chi connectivity index (χ0) is 18.8. The molecule has 0 aliphatic carbocycles. The average Bonchev–Trinajstić information content (AvgIpc) is 3.48. The average molecular weight is 370 g/mol. The first-order chi connectivity index (χ1) is 13.9. The van der Waals surface area contributed by atoms with E-state index in [0.717, 1.165) is 22.8 Å². The van der Waals surface area contributed by atoms with Crippen molar-refractivity contribution in [2.24, 2.45) is 0 Å². The molecule has 6 nitrogen and oxygen atoms in total. The lowest BCUT2D eigenvalue weighted by Gasteiger charge is -2.43. The molecule has 140 valence electrons. The highest BCUT2D eigenvalue weighted by Gasteiger charge is 2.40. The van der Waals surface area contributed by atoms with Crippen LogP contribution < -0.4 is 10.6 Å². The minimum Gasteiger partial charge on any atom is -0.364 e. The summed E-state index contributed by atoms with van der Waals surface area (Å²) in [6.07, 6.45) is 7.60. The summed E-state index contributed by atoms with van der Waals surface area (Å²) in [5.74, 6) is 0. The van der Waals surface area contributed by atoms with Crippen LogP contribution in [0.5, 0.6) is 0 Å². The van der Waals surface area contributed by atoms with Gasteiger partial charge in [-0.15, -0.1) is 0 Å². The molecule has 5 heterocycles. The molecular formula is C22H22N6. The van der Waals surface area contributed by atoms with Crippen LogP contribution >= 0.6 is 0 Å². The summed E-state index contributed by atoms with van der Waals surface area (Å²) in [6, 6.07) is 20.5. The van der Waals surface area contributed by atoms with E-state index in [2.05, 4.69) is 54.8 Å². The van der Waals surface area contributed by atoms with Crippen molar-refractivity contribution in [3.8, 4) is 0 Å². The minimum atomic E-state index is 0.00751. The highest BCUT2D eigenvalue weighted by molar-refractivity contribution is 5.27. The number of H-pyrrole nitrogens is 2. The van der Waals surface area contributed by atoms with Gasteiger partial charge < -0.3 is 9.97 Å². The van der Waals surface area contributed by atoms with Crippen molar-refractivity contribution in [1.82, 2.24) is 30.6 Å². The van der Waals surface area contributed by atoms with Gasteiger partial charge in [-0.05, 0) is 48.5 Å². The van der Waals surface area contributed by atoms with Gasteiger partial charge in [-0.25, -0.2) is 0 Å². The van der Waals surface area contributed by atoms with Crippen LogP contribution in [0.1, 0.15) is 46.9 Å². The number of nitrogens with one attached hydrogen (secondary N) is 4. The Morgan fingerprint density at radius 2 is 1.04 bits per heavy atom. The van der Waals surface area contributed by atoms with Gasteiger partial charge in [-0.1, -0.05) is 12.1 Å². The van der Waals surface area contributed by atoms with Crippen LogP contribution in [0.15, 0.2) is 85.5 Å². The van der Waals surface area contributed by atoms with Crippen LogP contribution in [-0.4, -0.2) is 19.9 Å². The lowest BCUT2D eigenvalue weighted by Crippen LogP contribution is -2.50. The Labute approximate surface area is 163 Å². The van der Waals surface area contributed by atoms with Gasteiger partial charge in [0.05, 0.1) is 35.6 Å². The van der Waals surface area contributed by atoms with E-state index in [-0.39, 0.29) is 24.2 Å². The van der Waals surface area contributed by atoms with E-state index in [4.69, 9.17) is 0 Å². The van der Waals surface area contributed by atoms with Gasteiger partial charge in [-0.2, -0.15) is 0 Å². The van der Waals surface area contributed by atoms with E-state index in [9.17, 15) is 0 Å². The fraction of sp³-hybridized carbons (Fsp3) is 0.182. The van der Waals surface area contributed by atoms with E-state index in [0.29, 0.717) is 0 Å². The number of hydrogen-bond donors (Lipinski definition) is 4. The van der Waals surface area contributed by atoms with Crippen molar-refractivity contribution in [3.63, 3.8) is 0 Å². The molecule has 5 rings (SSSR count). The summed E-state index contributed by atoms with van der Waals surface area (Å²) in [6.45, 7) is 0. The molecule has 1 fully saturated rings. The molecule has 4 aromatic rings. The normalized spacial score (nSPS) is 24.9. The number of aromatic nitrogens is 4. The predicted octanol–water partition coefficient (Wildman–Crippen LogP) is 3.59. The molecule has 0 bridgehead atoms. The van der Waals surface area contributed by atoms with Crippen molar-refractivity contribution in [1.29, 1.82) is 0 Å². The Bertz CT molecular complexity index is 898. The van der Waals surface area contributed by atoms with Gasteiger partial charge in [0.15, 0.2) is 0 Å². The first-order valence-electron chi connectivity index (χ1n) is 9.51. The molecule has 4 aromatic heterocycles. The van der Waals surface area contributed by atoms with Crippen molar-refractivity contribution in [2.45, 2.75) is 24.2 Å². The van der Waals surface area contributed by atoms with Gasteiger partial charge >= 0.3 is 0 Å². The number of nitrogens with zero attached hydrogens (tertiary/aromatic N) is 2. The molecular weight excluding hydrogens is 348 g/mol. The maximum Gasteiger partial charge on any atom is 0.0713 e. The first-order valence-corrected chi connectivity index (χ1v) is 9.51. The number of aromatic amines is 2. The van der Waals surface area contributed by atoms with Crippen molar-refractivity contribution >= 4 is 0 Å². The fourth-order valence-corrected chi connectivity index (χ4v) is 4.02. The van der Waals surface area contributed by atoms with Crippen molar-refractivity contribution < 1.29 is 0 Å².